The van der Waals surface area contributed by atoms with E-state index in [0.29, 0.717) is 12.1 Å². The molecule has 2 atom stereocenters. The van der Waals surface area contributed by atoms with E-state index >= 15 is 0 Å². The highest BCUT2D eigenvalue weighted by Crippen LogP contribution is 2.27. The molecule has 0 amide bonds. The number of piperidine rings is 1. The van der Waals surface area contributed by atoms with Gasteiger partial charge in [-0.05, 0) is 51.2 Å². The van der Waals surface area contributed by atoms with Gasteiger partial charge in [-0.1, -0.05) is 34.5 Å². The SMILES string of the molecule is CN(C)C(c1ccc(Br)cc1)C1CCCCN1. The van der Waals surface area contributed by atoms with Crippen molar-refractivity contribution in [3.8, 4) is 0 Å². The van der Waals surface area contributed by atoms with Crippen molar-refractivity contribution in [1.82, 2.24) is 10.2 Å². The van der Waals surface area contributed by atoms with Crippen LogP contribution in [0.5, 0.6) is 0 Å². The number of hydrogen-bond donors (Lipinski definition) is 1. The molecule has 0 aromatic heterocycles. The summed E-state index contributed by atoms with van der Waals surface area (Å²) in [5.41, 5.74) is 1.40. The lowest BCUT2D eigenvalue weighted by Gasteiger charge is -2.36. The summed E-state index contributed by atoms with van der Waals surface area (Å²) >= 11 is 3.50. The van der Waals surface area contributed by atoms with E-state index in [1.54, 1.807) is 0 Å². The fourth-order valence-corrected chi connectivity index (χ4v) is 2.96. The van der Waals surface area contributed by atoms with E-state index in [2.05, 4.69) is 64.5 Å². The van der Waals surface area contributed by atoms with Gasteiger partial charge in [0.2, 0.25) is 0 Å². The number of benzene rings is 1. The van der Waals surface area contributed by atoms with Gasteiger partial charge in [0.15, 0.2) is 0 Å². The molecule has 1 aliphatic rings. The summed E-state index contributed by atoms with van der Waals surface area (Å²) in [7, 11) is 4.34. The summed E-state index contributed by atoms with van der Waals surface area (Å²) in [6.45, 7) is 1.16. The largest absolute Gasteiger partial charge is 0.312 e. The number of likely N-dealkylation sites (N-methyl/N-ethyl adjacent to an activating group) is 1. The first-order valence-electron chi connectivity index (χ1n) is 6.34. The van der Waals surface area contributed by atoms with Gasteiger partial charge in [0.05, 0.1) is 0 Å². The number of rotatable bonds is 3. The molecule has 1 aromatic rings. The van der Waals surface area contributed by atoms with Gasteiger partial charge in [-0.3, -0.25) is 0 Å². The van der Waals surface area contributed by atoms with Crippen molar-refractivity contribution < 1.29 is 0 Å². The van der Waals surface area contributed by atoms with E-state index in [0.717, 1.165) is 11.0 Å². The second-order valence-corrected chi connectivity index (χ2v) is 5.93. The van der Waals surface area contributed by atoms with Crippen molar-refractivity contribution >= 4 is 15.9 Å². The van der Waals surface area contributed by atoms with Crippen LogP contribution in [0.2, 0.25) is 0 Å². The zero-order chi connectivity index (χ0) is 12.3. The van der Waals surface area contributed by atoms with Crippen LogP contribution >= 0.6 is 15.9 Å². The molecule has 1 aromatic carbocycles. The topological polar surface area (TPSA) is 15.3 Å². The Hall–Kier alpha value is -0.380. The molecule has 1 aliphatic heterocycles. The molecular weight excluding hydrogens is 276 g/mol. The van der Waals surface area contributed by atoms with Crippen LogP contribution < -0.4 is 5.32 Å². The summed E-state index contributed by atoms with van der Waals surface area (Å²) in [6.07, 6.45) is 3.94. The summed E-state index contributed by atoms with van der Waals surface area (Å²) in [4.78, 5) is 2.33. The Morgan fingerprint density at radius 1 is 1.24 bits per heavy atom. The van der Waals surface area contributed by atoms with Gasteiger partial charge in [-0.25, -0.2) is 0 Å². The van der Waals surface area contributed by atoms with E-state index in [4.69, 9.17) is 0 Å². The minimum Gasteiger partial charge on any atom is -0.312 e. The molecule has 2 rings (SSSR count). The standard InChI is InChI=1S/C14H21BrN2/c1-17(2)14(13-5-3-4-10-16-13)11-6-8-12(15)9-7-11/h6-9,13-14,16H,3-5,10H2,1-2H3. The third-order valence-corrected chi connectivity index (χ3v) is 4.03. The first-order chi connectivity index (χ1) is 8.18. The average molecular weight is 297 g/mol. The molecule has 0 spiro atoms. The highest BCUT2D eigenvalue weighted by molar-refractivity contribution is 9.10. The average Bonchev–Trinajstić information content (AvgIpc) is 2.33. The van der Waals surface area contributed by atoms with Crippen LogP contribution in [0.1, 0.15) is 30.9 Å². The van der Waals surface area contributed by atoms with Crippen molar-refractivity contribution in [1.29, 1.82) is 0 Å². The predicted molar refractivity (Wildman–Crippen MR) is 76.2 cm³/mol. The van der Waals surface area contributed by atoms with Gasteiger partial charge in [0.1, 0.15) is 0 Å². The summed E-state index contributed by atoms with van der Waals surface area (Å²) in [6, 6.07) is 9.78. The van der Waals surface area contributed by atoms with Crippen LogP contribution in [0.4, 0.5) is 0 Å². The summed E-state index contributed by atoms with van der Waals surface area (Å²) in [5.74, 6) is 0. The Morgan fingerprint density at radius 2 is 1.94 bits per heavy atom. The van der Waals surface area contributed by atoms with Crippen molar-refractivity contribution in [3.63, 3.8) is 0 Å². The van der Waals surface area contributed by atoms with Gasteiger partial charge in [-0.2, -0.15) is 0 Å². The van der Waals surface area contributed by atoms with Crippen LogP contribution in [-0.4, -0.2) is 31.6 Å². The smallest absolute Gasteiger partial charge is 0.0495 e. The van der Waals surface area contributed by atoms with Gasteiger partial charge in [0.25, 0.3) is 0 Å². The Kier molecular flexibility index (Phi) is 4.60. The number of nitrogens with one attached hydrogen (secondary N) is 1. The normalized spacial score (nSPS) is 22.7. The molecule has 0 radical (unpaired) electrons. The van der Waals surface area contributed by atoms with Gasteiger partial charge in [-0.15, -0.1) is 0 Å². The maximum Gasteiger partial charge on any atom is 0.0495 e. The zero-order valence-corrected chi connectivity index (χ0v) is 12.2. The first-order valence-corrected chi connectivity index (χ1v) is 7.13. The maximum atomic E-state index is 3.66. The summed E-state index contributed by atoms with van der Waals surface area (Å²) in [5, 5.41) is 3.66. The van der Waals surface area contributed by atoms with E-state index in [9.17, 15) is 0 Å². The third-order valence-electron chi connectivity index (χ3n) is 3.50. The van der Waals surface area contributed by atoms with Gasteiger partial charge >= 0.3 is 0 Å². The molecule has 0 aliphatic carbocycles. The van der Waals surface area contributed by atoms with Gasteiger partial charge in [0, 0.05) is 16.6 Å². The molecule has 1 N–H and O–H groups in total. The zero-order valence-electron chi connectivity index (χ0n) is 10.6. The number of nitrogens with zero attached hydrogens (tertiary/aromatic N) is 1. The van der Waals surface area contributed by atoms with E-state index in [-0.39, 0.29) is 0 Å². The Morgan fingerprint density at radius 3 is 2.47 bits per heavy atom. The molecule has 0 saturated carbocycles. The Labute approximate surface area is 113 Å². The molecule has 2 nitrogen and oxygen atoms in total. The lowest BCUT2D eigenvalue weighted by molar-refractivity contribution is 0.205. The second kappa shape index (κ2) is 5.98. The molecular formula is C14H21BrN2. The molecule has 1 fully saturated rings. The molecule has 2 unspecified atom stereocenters. The highest BCUT2D eigenvalue weighted by atomic mass is 79.9. The Bertz CT molecular complexity index is 342. The molecule has 3 heteroatoms. The third kappa shape index (κ3) is 3.30. The molecule has 1 saturated heterocycles. The summed E-state index contributed by atoms with van der Waals surface area (Å²) < 4.78 is 1.15. The van der Waals surface area contributed by atoms with Crippen molar-refractivity contribution in [2.75, 3.05) is 20.6 Å². The molecule has 1 heterocycles. The first kappa shape index (κ1) is 13.1. The van der Waals surface area contributed by atoms with E-state index in [1.807, 2.05) is 0 Å². The lowest BCUT2D eigenvalue weighted by atomic mass is 9.92. The number of hydrogen-bond acceptors (Lipinski definition) is 2. The van der Waals surface area contributed by atoms with Crippen LogP contribution in [0, 0.1) is 0 Å². The molecule has 0 bridgehead atoms. The minimum atomic E-state index is 0.475. The predicted octanol–water partition coefficient (Wildman–Crippen LogP) is 3.19. The van der Waals surface area contributed by atoms with Crippen molar-refractivity contribution in [2.45, 2.75) is 31.3 Å². The fraction of sp³-hybridized carbons (Fsp3) is 0.571. The quantitative estimate of drug-likeness (QED) is 0.921. The maximum absolute atomic E-state index is 3.66. The van der Waals surface area contributed by atoms with Crippen molar-refractivity contribution in [2.24, 2.45) is 0 Å². The van der Waals surface area contributed by atoms with Crippen LogP contribution in [0.15, 0.2) is 28.7 Å². The van der Waals surface area contributed by atoms with Crippen LogP contribution in [0.25, 0.3) is 0 Å². The molecule has 17 heavy (non-hydrogen) atoms. The fourth-order valence-electron chi connectivity index (χ4n) is 2.70. The minimum absolute atomic E-state index is 0.475. The van der Waals surface area contributed by atoms with Gasteiger partial charge < -0.3 is 10.2 Å². The number of halogens is 1. The van der Waals surface area contributed by atoms with Crippen LogP contribution in [0.3, 0.4) is 0 Å². The lowest BCUT2D eigenvalue weighted by Crippen LogP contribution is -2.44. The van der Waals surface area contributed by atoms with Crippen LogP contribution in [-0.2, 0) is 0 Å². The van der Waals surface area contributed by atoms with E-state index < -0.39 is 0 Å². The Balaban J connectivity index is 2.18. The van der Waals surface area contributed by atoms with E-state index in [1.165, 1.54) is 24.8 Å². The second-order valence-electron chi connectivity index (χ2n) is 5.02. The van der Waals surface area contributed by atoms with Crippen molar-refractivity contribution in [3.05, 3.63) is 34.3 Å². The monoisotopic (exact) mass is 296 g/mol. The molecule has 94 valence electrons. The highest BCUT2D eigenvalue weighted by Gasteiger charge is 2.26.